The second-order valence-corrected chi connectivity index (χ2v) is 3.81. The van der Waals surface area contributed by atoms with Crippen molar-refractivity contribution in [1.82, 2.24) is 15.2 Å². The van der Waals surface area contributed by atoms with E-state index < -0.39 is 11.6 Å². The first-order valence-electron chi connectivity index (χ1n) is 5.49. The lowest BCUT2D eigenvalue weighted by Gasteiger charge is -2.09. The Morgan fingerprint density at radius 1 is 1.33 bits per heavy atom. The average molecular weight is 253 g/mol. The summed E-state index contributed by atoms with van der Waals surface area (Å²) in [5.41, 5.74) is 5.69. The first-order chi connectivity index (χ1) is 8.66. The van der Waals surface area contributed by atoms with Gasteiger partial charge in [-0.3, -0.25) is 5.10 Å². The van der Waals surface area contributed by atoms with E-state index in [9.17, 15) is 8.78 Å². The van der Waals surface area contributed by atoms with Gasteiger partial charge in [0.15, 0.2) is 5.82 Å². The van der Waals surface area contributed by atoms with E-state index in [4.69, 9.17) is 5.73 Å². The molecule has 4 N–H and O–H groups in total. The third-order valence-electron chi connectivity index (χ3n) is 2.47. The number of nitrogen functional groups attached to an aromatic ring is 1. The first-order valence-corrected chi connectivity index (χ1v) is 5.49. The minimum atomic E-state index is -0.757. The second-order valence-electron chi connectivity index (χ2n) is 3.81. The van der Waals surface area contributed by atoms with Crippen LogP contribution in [0.15, 0.2) is 18.5 Å². The highest BCUT2D eigenvalue weighted by Crippen LogP contribution is 2.23. The number of nitrogens with two attached hydrogens (primary N) is 1. The highest BCUT2D eigenvalue weighted by molar-refractivity contribution is 5.66. The maximum absolute atomic E-state index is 13.1. The summed E-state index contributed by atoms with van der Waals surface area (Å²) in [6.45, 7) is 0.536. The molecule has 1 aromatic carbocycles. The number of hydrogen-bond donors (Lipinski definition) is 3. The number of aromatic amines is 1. The summed E-state index contributed by atoms with van der Waals surface area (Å²) in [4.78, 5) is 3.97. The molecule has 96 valence electrons. The summed E-state index contributed by atoms with van der Waals surface area (Å²) in [5.74, 6) is -0.637. The Labute approximate surface area is 102 Å². The lowest BCUT2D eigenvalue weighted by molar-refractivity contribution is 0.587. The predicted octanol–water partition coefficient (Wildman–Crippen LogP) is 1.71. The van der Waals surface area contributed by atoms with Crippen molar-refractivity contribution >= 4 is 11.4 Å². The Morgan fingerprint density at radius 3 is 2.89 bits per heavy atom. The lowest BCUT2D eigenvalue weighted by atomic mass is 10.2. The number of nitrogens with zero attached hydrogens (tertiary/aromatic N) is 2. The summed E-state index contributed by atoms with van der Waals surface area (Å²) < 4.78 is 26.1. The molecule has 7 heteroatoms. The molecular weight excluding hydrogens is 240 g/mol. The Morgan fingerprint density at radius 2 is 2.17 bits per heavy atom. The van der Waals surface area contributed by atoms with Gasteiger partial charge in [-0.05, 0) is 12.5 Å². The summed E-state index contributed by atoms with van der Waals surface area (Å²) in [6, 6.07) is 1.93. The SMILES string of the molecule is Nc1c(F)cc(F)cc1NCCCc1ncn[nH]1. The number of H-pyrrole nitrogens is 1. The number of hydrogen-bond acceptors (Lipinski definition) is 4. The van der Waals surface area contributed by atoms with Crippen LogP contribution in [0.3, 0.4) is 0 Å². The molecule has 2 rings (SSSR count). The Kier molecular flexibility index (Phi) is 3.71. The van der Waals surface area contributed by atoms with Gasteiger partial charge >= 0.3 is 0 Å². The number of aromatic nitrogens is 3. The summed E-state index contributed by atoms with van der Waals surface area (Å²) in [6.07, 6.45) is 2.88. The van der Waals surface area contributed by atoms with Gasteiger partial charge in [-0.15, -0.1) is 0 Å². The molecule has 0 aliphatic rings. The second kappa shape index (κ2) is 5.44. The van der Waals surface area contributed by atoms with Gasteiger partial charge in [-0.1, -0.05) is 0 Å². The zero-order valence-corrected chi connectivity index (χ0v) is 9.58. The van der Waals surface area contributed by atoms with Crippen molar-refractivity contribution < 1.29 is 8.78 Å². The first kappa shape index (κ1) is 12.3. The smallest absolute Gasteiger partial charge is 0.151 e. The van der Waals surface area contributed by atoms with Gasteiger partial charge in [-0.25, -0.2) is 13.8 Å². The van der Waals surface area contributed by atoms with Crippen LogP contribution in [0.4, 0.5) is 20.2 Å². The van der Waals surface area contributed by atoms with Crippen LogP contribution in [-0.4, -0.2) is 21.7 Å². The van der Waals surface area contributed by atoms with Crippen LogP contribution in [0.2, 0.25) is 0 Å². The third-order valence-corrected chi connectivity index (χ3v) is 2.47. The van der Waals surface area contributed by atoms with Crippen LogP contribution in [0.5, 0.6) is 0 Å². The molecular formula is C11H13F2N5. The van der Waals surface area contributed by atoms with Crippen LogP contribution in [-0.2, 0) is 6.42 Å². The maximum atomic E-state index is 13.1. The standard InChI is InChI=1S/C11H13F2N5/c12-7-4-8(13)11(14)9(5-7)15-3-1-2-10-16-6-17-18-10/h4-6,15H,1-3,14H2,(H,16,17,18). The average Bonchev–Trinajstić information content (AvgIpc) is 2.83. The number of rotatable bonds is 5. The van der Waals surface area contributed by atoms with Crippen molar-refractivity contribution in [3.8, 4) is 0 Å². The fraction of sp³-hybridized carbons (Fsp3) is 0.273. The van der Waals surface area contributed by atoms with Gasteiger partial charge in [-0.2, -0.15) is 5.10 Å². The Bertz CT molecular complexity index is 512. The van der Waals surface area contributed by atoms with Gasteiger partial charge < -0.3 is 11.1 Å². The van der Waals surface area contributed by atoms with E-state index in [1.54, 1.807) is 0 Å². The molecule has 18 heavy (non-hydrogen) atoms. The molecule has 1 heterocycles. The van der Waals surface area contributed by atoms with Crippen molar-refractivity contribution in [2.45, 2.75) is 12.8 Å². The van der Waals surface area contributed by atoms with Crippen molar-refractivity contribution in [3.63, 3.8) is 0 Å². The minimum Gasteiger partial charge on any atom is -0.395 e. The molecule has 1 aromatic heterocycles. The summed E-state index contributed by atoms with van der Waals surface area (Å²) in [5, 5.41) is 9.34. The summed E-state index contributed by atoms with van der Waals surface area (Å²) in [7, 11) is 0. The van der Waals surface area contributed by atoms with E-state index >= 15 is 0 Å². The normalized spacial score (nSPS) is 10.6. The topological polar surface area (TPSA) is 79.6 Å². The van der Waals surface area contributed by atoms with Crippen molar-refractivity contribution in [2.24, 2.45) is 0 Å². The third kappa shape index (κ3) is 2.93. The minimum absolute atomic E-state index is 0.0731. The van der Waals surface area contributed by atoms with Gasteiger partial charge in [0, 0.05) is 19.0 Å². The molecule has 0 unspecified atom stereocenters. The van der Waals surface area contributed by atoms with Crippen LogP contribution in [0.1, 0.15) is 12.2 Å². The molecule has 0 radical (unpaired) electrons. The lowest BCUT2D eigenvalue weighted by Crippen LogP contribution is -2.07. The van der Waals surface area contributed by atoms with Crippen molar-refractivity contribution in [3.05, 3.63) is 35.9 Å². The van der Waals surface area contributed by atoms with Crippen molar-refractivity contribution in [2.75, 3.05) is 17.6 Å². The Hall–Kier alpha value is -2.18. The van der Waals surface area contributed by atoms with Crippen molar-refractivity contribution in [1.29, 1.82) is 0 Å². The van der Waals surface area contributed by atoms with Gasteiger partial charge in [0.1, 0.15) is 18.0 Å². The van der Waals surface area contributed by atoms with Gasteiger partial charge in [0.25, 0.3) is 0 Å². The molecule has 5 nitrogen and oxygen atoms in total. The molecule has 0 saturated heterocycles. The number of aryl methyl sites for hydroxylation is 1. The number of halogens is 2. The number of anilines is 2. The van der Waals surface area contributed by atoms with Crippen LogP contribution in [0, 0.1) is 11.6 Å². The quantitative estimate of drug-likeness (QED) is 0.560. The van der Waals surface area contributed by atoms with E-state index in [1.807, 2.05) is 0 Å². The fourth-order valence-electron chi connectivity index (χ4n) is 1.56. The maximum Gasteiger partial charge on any atom is 0.151 e. The molecule has 0 spiro atoms. The van der Waals surface area contributed by atoms with E-state index in [-0.39, 0.29) is 11.4 Å². The van der Waals surface area contributed by atoms with Gasteiger partial charge in [0.05, 0.1) is 11.4 Å². The van der Waals surface area contributed by atoms with Gasteiger partial charge in [0.2, 0.25) is 0 Å². The molecule has 0 aliphatic heterocycles. The van der Waals surface area contributed by atoms with Crippen LogP contribution >= 0.6 is 0 Å². The Balaban J connectivity index is 1.86. The monoisotopic (exact) mass is 253 g/mol. The summed E-state index contributed by atoms with van der Waals surface area (Å²) >= 11 is 0. The zero-order chi connectivity index (χ0) is 13.0. The largest absolute Gasteiger partial charge is 0.395 e. The molecule has 0 bridgehead atoms. The zero-order valence-electron chi connectivity index (χ0n) is 9.58. The molecule has 0 atom stereocenters. The molecule has 0 fully saturated rings. The molecule has 2 aromatic rings. The number of benzene rings is 1. The van der Waals surface area contributed by atoms with E-state index in [1.165, 1.54) is 12.4 Å². The van der Waals surface area contributed by atoms with Crippen LogP contribution < -0.4 is 11.1 Å². The van der Waals surface area contributed by atoms with E-state index in [2.05, 4.69) is 20.5 Å². The highest BCUT2D eigenvalue weighted by atomic mass is 19.1. The molecule has 0 saturated carbocycles. The van der Waals surface area contributed by atoms with E-state index in [0.717, 1.165) is 18.3 Å². The van der Waals surface area contributed by atoms with Crippen LogP contribution in [0.25, 0.3) is 0 Å². The molecule has 0 aliphatic carbocycles. The fourth-order valence-corrected chi connectivity index (χ4v) is 1.56. The number of nitrogens with one attached hydrogen (secondary N) is 2. The molecule has 0 amide bonds. The highest BCUT2D eigenvalue weighted by Gasteiger charge is 2.07. The predicted molar refractivity (Wildman–Crippen MR) is 64.0 cm³/mol. The van der Waals surface area contributed by atoms with E-state index in [0.29, 0.717) is 13.0 Å².